The number of benzene rings is 2. The number of hydrogen-bond acceptors (Lipinski definition) is 1. The fraction of sp³-hybridized carbons (Fsp3) is 0.0714. The molecule has 0 heterocycles. The Morgan fingerprint density at radius 2 is 2.05 bits per heavy atom. The number of nitrogens with one attached hydrogen (secondary N) is 1. The first-order chi connectivity index (χ1) is 8.99. The summed E-state index contributed by atoms with van der Waals surface area (Å²) >= 11 is 9.26. The summed E-state index contributed by atoms with van der Waals surface area (Å²) in [6.45, 7) is 1.82. The lowest BCUT2D eigenvalue weighted by Gasteiger charge is -2.09. The zero-order valence-electron chi connectivity index (χ0n) is 10.0. The average molecular weight is 343 g/mol. The fourth-order valence-electron chi connectivity index (χ4n) is 1.60. The molecule has 2 aromatic rings. The van der Waals surface area contributed by atoms with Crippen molar-refractivity contribution >= 4 is 39.1 Å². The largest absolute Gasteiger partial charge is 0.319 e. The third kappa shape index (κ3) is 3.14. The number of carbonyl (C=O) groups is 1. The van der Waals surface area contributed by atoms with E-state index >= 15 is 0 Å². The number of anilines is 1. The molecule has 2 aromatic carbocycles. The van der Waals surface area contributed by atoms with E-state index in [2.05, 4.69) is 21.2 Å². The van der Waals surface area contributed by atoms with E-state index in [1.165, 1.54) is 6.07 Å². The maximum absolute atomic E-state index is 13.6. The van der Waals surface area contributed by atoms with Crippen molar-refractivity contribution in [2.45, 2.75) is 6.92 Å². The second kappa shape index (κ2) is 5.72. The molecule has 0 aliphatic rings. The van der Waals surface area contributed by atoms with Crippen molar-refractivity contribution in [2.24, 2.45) is 0 Å². The fourth-order valence-corrected chi connectivity index (χ4v) is 2.18. The molecule has 0 atom stereocenters. The van der Waals surface area contributed by atoms with Crippen molar-refractivity contribution in [1.82, 2.24) is 0 Å². The van der Waals surface area contributed by atoms with Crippen LogP contribution in [0.2, 0.25) is 5.02 Å². The second-order valence-corrected chi connectivity index (χ2v) is 5.27. The summed E-state index contributed by atoms with van der Waals surface area (Å²) < 4.78 is 14.2. The molecule has 5 heteroatoms. The summed E-state index contributed by atoms with van der Waals surface area (Å²) in [4.78, 5) is 12.1. The Labute approximate surface area is 123 Å². The molecule has 98 valence electrons. The van der Waals surface area contributed by atoms with Crippen LogP contribution >= 0.6 is 27.5 Å². The van der Waals surface area contributed by atoms with E-state index in [1.807, 2.05) is 6.92 Å². The molecular weight excluding hydrogens is 333 g/mol. The van der Waals surface area contributed by atoms with Crippen molar-refractivity contribution in [3.63, 3.8) is 0 Å². The van der Waals surface area contributed by atoms with E-state index in [0.717, 1.165) is 5.56 Å². The minimum Gasteiger partial charge on any atom is -0.319 e. The van der Waals surface area contributed by atoms with Gasteiger partial charge in [-0.05, 0) is 52.7 Å². The van der Waals surface area contributed by atoms with Gasteiger partial charge in [-0.1, -0.05) is 23.7 Å². The zero-order valence-corrected chi connectivity index (χ0v) is 12.3. The van der Waals surface area contributed by atoms with Crippen molar-refractivity contribution < 1.29 is 9.18 Å². The van der Waals surface area contributed by atoms with E-state index in [1.54, 1.807) is 30.3 Å². The maximum Gasteiger partial charge on any atom is 0.257 e. The zero-order chi connectivity index (χ0) is 14.0. The molecular formula is C14H10BrClFNO. The number of carbonyl (C=O) groups excluding carboxylic acids is 1. The summed E-state index contributed by atoms with van der Waals surface area (Å²) in [5.74, 6) is -0.930. The molecule has 1 N–H and O–H groups in total. The molecule has 0 fully saturated rings. The van der Waals surface area contributed by atoms with E-state index in [0.29, 0.717) is 9.50 Å². The maximum atomic E-state index is 13.6. The van der Waals surface area contributed by atoms with E-state index in [9.17, 15) is 9.18 Å². The van der Waals surface area contributed by atoms with E-state index in [4.69, 9.17) is 11.6 Å². The summed E-state index contributed by atoms with van der Waals surface area (Å²) in [6, 6.07) is 9.52. The lowest BCUT2D eigenvalue weighted by Crippen LogP contribution is -2.13. The van der Waals surface area contributed by atoms with Crippen molar-refractivity contribution in [2.75, 3.05) is 5.32 Å². The van der Waals surface area contributed by atoms with Gasteiger partial charge in [0.1, 0.15) is 5.82 Å². The normalized spacial score (nSPS) is 10.3. The van der Waals surface area contributed by atoms with Crippen LogP contribution in [0, 0.1) is 12.7 Å². The van der Waals surface area contributed by atoms with E-state index < -0.39 is 11.7 Å². The average Bonchev–Trinajstić information content (AvgIpc) is 2.37. The minimum absolute atomic E-state index is 0.140. The molecule has 0 saturated carbocycles. The Morgan fingerprint density at radius 1 is 1.32 bits per heavy atom. The van der Waals surface area contributed by atoms with Crippen LogP contribution in [0.3, 0.4) is 0 Å². The van der Waals surface area contributed by atoms with Gasteiger partial charge >= 0.3 is 0 Å². The second-order valence-electron chi connectivity index (χ2n) is 4.04. The first-order valence-corrected chi connectivity index (χ1v) is 6.67. The lowest BCUT2D eigenvalue weighted by atomic mass is 10.2. The molecule has 0 bridgehead atoms. The van der Waals surface area contributed by atoms with Gasteiger partial charge in [-0.15, -0.1) is 0 Å². The topological polar surface area (TPSA) is 29.1 Å². The molecule has 2 rings (SSSR count). The van der Waals surface area contributed by atoms with Gasteiger partial charge in [0.25, 0.3) is 5.91 Å². The van der Waals surface area contributed by atoms with Crippen LogP contribution < -0.4 is 5.32 Å². The highest BCUT2D eigenvalue weighted by Gasteiger charge is 2.14. The van der Waals surface area contributed by atoms with Crippen LogP contribution in [-0.4, -0.2) is 5.91 Å². The van der Waals surface area contributed by atoms with Gasteiger partial charge in [0.15, 0.2) is 0 Å². The van der Waals surface area contributed by atoms with Gasteiger partial charge in [0.05, 0.1) is 16.3 Å². The third-order valence-corrected chi connectivity index (χ3v) is 3.86. The van der Waals surface area contributed by atoms with Crippen LogP contribution in [-0.2, 0) is 0 Å². The number of aryl methyl sites for hydroxylation is 1. The number of halogens is 3. The van der Waals surface area contributed by atoms with Crippen LogP contribution in [0.15, 0.2) is 40.9 Å². The molecule has 0 aromatic heterocycles. The third-order valence-electron chi connectivity index (χ3n) is 2.57. The smallest absolute Gasteiger partial charge is 0.257 e. The summed E-state index contributed by atoms with van der Waals surface area (Å²) in [7, 11) is 0. The minimum atomic E-state index is -0.481. The van der Waals surface area contributed by atoms with Crippen molar-refractivity contribution in [3.8, 4) is 0 Å². The first-order valence-electron chi connectivity index (χ1n) is 5.50. The summed E-state index contributed by atoms with van der Waals surface area (Å²) in [5.41, 5.74) is 1.29. The van der Waals surface area contributed by atoms with Crippen molar-refractivity contribution in [1.29, 1.82) is 0 Å². The Balaban J connectivity index is 2.31. The molecule has 1 amide bonds. The molecule has 0 aliphatic heterocycles. The van der Waals surface area contributed by atoms with Gasteiger partial charge in [-0.2, -0.15) is 0 Å². The van der Waals surface area contributed by atoms with Crippen LogP contribution in [0.1, 0.15) is 15.9 Å². The molecule has 0 unspecified atom stereocenters. The van der Waals surface area contributed by atoms with E-state index in [-0.39, 0.29) is 11.3 Å². The van der Waals surface area contributed by atoms with Crippen molar-refractivity contribution in [3.05, 3.63) is 62.8 Å². The predicted octanol–water partition coefficient (Wildman–Crippen LogP) is 4.80. The highest BCUT2D eigenvalue weighted by Crippen LogP contribution is 2.27. The van der Waals surface area contributed by atoms with Gasteiger partial charge in [-0.25, -0.2) is 4.39 Å². The van der Waals surface area contributed by atoms with Gasteiger partial charge < -0.3 is 5.32 Å². The number of rotatable bonds is 2. The highest BCUT2D eigenvalue weighted by molar-refractivity contribution is 9.10. The Bertz CT molecular complexity index is 645. The Kier molecular flexibility index (Phi) is 4.22. The quantitative estimate of drug-likeness (QED) is 0.834. The number of amides is 1. The van der Waals surface area contributed by atoms with Gasteiger partial charge in [-0.3, -0.25) is 4.79 Å². The molecule has 0 spiro atoms. The van der Waals surface area contributed by atoms with Crippen LogP contribution in [0.25, 0.3) is 0 Å². The summed E-state index contributed by atoms with van der Waals surface area (Å²) in [5, 5.41) is 2.82. The predicted molar refractivity (Wildman–Crippen MR) is 78.2 cm³/mol. The standard InChI is InChI=1S/C14H10BrClFNO/c1-8-5-6-11(17)12(7-8)18-14(19)9-3-2-4-10(15)13(9)16/h2-7H,1H3,(H,18,19). The van der Waals surface area contributed by atoms with Crippen LogP contribution in [0.4, 0.5) is 10.1 Å². The number of hydrogen-bond donors (Lipinski definition) is 1. The lowest BCUT2D eigenvalue weighted by molar-refractivity contribution is 0.102. The van der Waals surface area contributed by atoms with Gasteiger partial charge in [0, 0.05) is 4.47 Å². The Hall–Kier alpha value is -1.39. The molecule has 0 aliphatic carbocycles. The first kappa shape index (κ1) is 14.0. The van der Waals surface area contributed by atoms with Crippen LogP contribution in [0.5, 0.6) is 0 Å². The SMILES string of the molecule is Cc1ccc(F)c(NC(=O)c2cccc(Br)c2Cl)c1. The molecule has 0 radical (unpaired) electrons. The van der Waals surface area contributed by atoms with Gasteiger partial charge in [0.2, 0.25) is 0 Å². The molecule has 19 heavy (non-hydrogen) atoms. The Morgan fingerprint density at radius 3 is 2.79 bits per heavy atom. The highest BCUT2D eigenvalue weighted by atomic mass is 79.9. The monoisotopic (exact) mass is 341 g/mol. The molecule has 0 saturated heterocycles. The summed E-state index contributed by atoms with van der Waals surface area (Å²) in [6.07, 6.45) is 0. The molecule has 2 nitrogen and oxygen atoms in total.